The molecular formula is C25H27N3O2S. The fourth-order valence-corrected chi connectivity index (χ4v) is 4.26. The van der Waals surface area contributed by atoms with Crippen molar-refractivity contribution in [3.8, 4) is 16.5 Å². The van der Waals surface area contributed by atoms with Gasteiger partial charge < -0.3 is 20.4 Å². The van der Waals surface area contributed by atoms with Crippen LogP contribution in [-0.2, 0) is 0 Å². The number of fused-ring (bicyclic) bond motifs is 1. The van der Waals surface area contributed by atoms with E-state index >= 15 is 0 Å². The lowest BCUT2D eigenvalue weighted by Gasteiger charge is -2.13. The fourth-order valence-electron chi connectivity index (χ4n) is 3.25. The first-order valence-corrected chi connectivity index (χ1v) is 10.8. The van der Waals surface area contributed by atoms with Crippen molar-refractivity contribution in [3.63, 3.8) is 0 Å². The Kier molecular flexibility index (Phi) is 7.13. The lowest BCUT2D eigenvalue weighted by atomic mass is 10.0. The van der Waals surface area contributed by atoms with E-state index in [9.17, 15) is 10.4 Å². The molecule has 0 saturated carbocycles. The van der Waals surface area contributed by atoms with Gasteiger partial charge in [0.2, 0.25) is 0 Å². The van der Waals surface area contributed by atoms with Crippen molar-refractivity contribution in [1.29, 1.82) is 5.26 Å². The molecule has 6 heteroatoms. The summed E-state index contributed by atoms with van der Waals surface area (Å²) in [6.07, 6.45) is -0.896. The number of aliphatic hydroxyl groups excluding tert-OH is 2. The highest BCUT2D eigenvalue weighted by atomic mass is 32.1. The maximum atomic E-state index is 9.63. The topological polar surface area (TPSA) is 79.5 Å². The molecule has 1 heterocycles. The molecule has 0 bridgehead atoms. The van der Waals surface area contributed by atoms with Gasteiger partial charge in [0.25, 0.3) is 0 Å². The van der Waals surface area contributed by atoms with E-state index in [1.54, 1.807) is 11.3 Å². The normalized spacial score (nSPS) is 12.8. The van der Waals surface area contributed by atoms with E-state index in [-0.39, 0.29) is 13.2 Å². The molecule has 0 saturated heterocycles. The third kappa shape index (κ3) is 5.15. The minimum atomic E-state index is -0.896. The largest absolute Gasteiger partial charge is 0.394 e. The number of aliphatic hydroxyl groups is 2. The van der Waals surface area contributed by atoms with Crippen molar-refractivity contribution in [2.45, 2.75) is 13.0 Å². The Morgan fingerprint density at radius 1 is 1.16 bits per heavy atom. The van der Waals surface area contributed by atoms with E-state index in [4.69, 9.17) is 5.11 Å². The smallest absolute Gasteiger partial charge is 0.102 e. The number of nitrogens with zero attached hydrogens (tertiary/aromatic N) is 2. The van der Waals surface area contributed by atoms with Gasteiger partial charge in [0, 0.05) is 41.8 Å². The standard InChI is InChI=1S/C25H27N3O2S/c1-16(23(13-26)17(2)27-14-22(30)15-29)24-9-10-25(31-24)20-6-5-19-12-21(28(3)4)8-7-18(19)11-20/h5-12,22,27,29-30H,2,14-15H2,1,3-4H3/b23-16+. The van der Waals surface area contributed by atoms with Gasteiger partial charge in [-0.25, -0.2) is 0 Å². The van der Waals surface area contributed by atoms with E-state index in [0.717, 1.165) is 20.9 Å². The van der Waals surface area contributed by atoms with Crippen LogP contribution in [0.2, 0.25) is 0 Å². The fraction of sp³-hybridized carbons (Fsp3) is 0.240. The summed E-state index contributed by atoms with van der Waals surface area (Å²) in [5.41, 5.74) is 4.00. The summed E-state index contributed by atoms with van der Waals surface area (Å²) in [5.74, 6) is 0. The number of rotatable bonds is 8. The van der Waals surface area contributed by atoms with Crippen molar-refractivity contribution in [3.05, 3.63) is 71.3 Å². The van der Waals surface area contributed by atoms with E-state index in [2.05, 4.69) is 65.3 Å². The molecular weight excluding hydrogens is 406 g/mol. The third-order valence-corrected chi connectivity index (χ3v) is 6.40. The van der Waals surface area contributed by atoms with Crippen LogP contribution in [0.4, 0.5) is 5.69 Å². The van der Waals surface area contributed by atoms with Gasteiger partial charge in [0.15, 0.2) is 0 Å². The Morgan fingerprint density at radius 2 is 1.87 bits per heavy atom. The van der Waals surface area contributed by atoms with Crippen molar-refractivity contribution in [2.75, 3.05) is 32.1 Å². The number of thiophene rings is 1. The molecule has 5 nitrogen and oxygen atoms in total. The summed E-state index contributed by atoms with van der Waals surface area (Å²) in [5, 5.41) is 33.4. The maximum Gasteiger partial charge on any atom is 0.102 e. The minimum Gasteiger partial charge on any atom is -0.394 e. The van der Waals surface area contributed by atoms with E-state index < -0.39 is 6.10 Å². The molecule has 0 radical (unpaired) electrons. The molecule has 0 aliphatic heterocycles. The number of nitriles is 1. The first kappa shape index (κ1) is 22.6. The molecule has 0 fully saturated rings. The highest BCUT2D eigenvalue weighted by Crippen LogP contribution is 2.35. The second-order valence-corrected chi connectivity index (χ2v) is 8.70. The molecule has 3 rings (SSSR count). The Morgan fingerprint density at radius 3 is 2.55 bits per heavy atom. The number of benzene rings is 2. The molecule has 3 aromatic rings. The van der Waals surface area contributed by atoms with Crippen LogP contribution in [0, 0.1) is 11.3 Å². The Hall–Kier alpha value is -3.11. The number of hydrogen-bond acceptors (Lipinski definition) is 6. The molecule has 3 N–H and O–H groups in total. The van der Waals surface area contributed by atoms with Crippen LogP contribution in [0.15, 0.2) is 66.4 Å². The summed E-state index contributed by atoms with van der Waals surface area (Å²) in [6.45, 7) is 5.60. The third-order valence-electron chi connectivity index (χ3n) is 5.15. The minimum absolute atomic E-state index is 0.135. The van der Waals surface area contributed by atoms with Gasteiger partial charge in [-0.2, -0.15) is 5.26 Å². The van der Waals surface area contributed by atoms with Gasteiger partial charge in [-0.3, -0.25) is 0 Å². The number of allylic oxidation sites excluding steroid dienone is 2. The molecule has 1 atom stereocenters. The van der Waals surface area contributed by atoms with Crippen LogP contribution in [0.1, 0.15) is 11.8 Å². The zero-order valence-electron chi connectivity index (χ0n) is 18.0. The molecule has 0 spiro atoms. The van der Waals surface area contributed by atoms with Crippen LogP contribution < -0.4 is 10.2 Å². The zero-order chi connectivity index (χ0) is 22.5. The van der Waals surface area contributed by atoms with Gasteiger partial charge in [0.05, 0.1) is 18.3 Å². The summed E-state index contributed by atoms with van der Waals surface area (Å²) >= 11 is 1.63. The molecule has 2 aromatic carbocycles. The van der Waals surface area contributed by atoms with Crippen molar-refractivity contribution < 1.29 is 10.2 Å². The van der Waals surface area contributed by atoms with Gasteiger partial charge in [-0.1, -0.05) is 24.8 Å². The zero-order valence-corrected chi connectivity index (χ0v) is 18.8. The average Bonchev–Trinajstić information content (AvgIpc) is 3.27. The summed E-state index contributed by atoms with van der Waals surface area (Å²) in [4.78, 5) is 4.20. The van der Waals surface area contributed by atoms with Gasteiger partial charge in [-0.05, 0) is 59.2 Å². The second kappa shape index (κ2) is 9.80. The van der Waals surface area contributed by atoms with Crippen LogP contribution in [0.5, 0.6) is 0 Å². The van der Waals surface area contributed by atoms with Gasteiger partial charge in [0.1, 0.15) is 6.07 Å². The Balaban J connectivity index is 1.87. The van der Waals surface area contributed by atoms with Gasteiger partial charge >= 0.3 is 0 Å². The summed E-state index contributed by atoms with van der Waals surface area (Å²) < 4.78 is 0. The SMILES string of the molecule is C=C(NCC(O)CO)/C(C#N)=C(\C)c1ccc(-c2ccc3cc(N(C)C)ccc3c2)s1. The summed E-state index contributed by atoms with van der Waals surface area (Å²) in [6, 6.07) is 19.2. The first-order chi connectivity index (χ1) is 14.8. The first-order valence-electron chi connectivity index (χ1n) is 9.98. The molecule has 0 amide bonds. The second-order valence-electron chi connectivity index (χ2n) is 7.61. The lowest BCUT2D eigenvalue weighted by molar-refractivity contribution is 0.0967. The highest BCUT2D eigenvalue weighted by molar-refractivity contribution is 7.16. The maximum absolute atomic E-state index is 9.63. The predicted molar refractivity (Wildman–Crippen MR) is 130 cm³/mol. The Bertz CT molecular complexity index is 1170. The number of anilines is 1. The summed E-state index contributed by atoms with van der Waals surface area (Å²) in [7, 11) is 4.07. The van der Waals surface area contributed by atoms with Crippen LogP contribution in [0.25, 0.3) is 26.8 Å². The highest BCUT2D eigenvalue weighted by Gasteiger charge is 2.13. The van der Waals surface area contributed by atoms with Crippen LogP contribution in [0.3, 0.4) is 0 Å². The van der Waals surface area contributed by atoms with Crippen LogP contribution >= 0.6 is 11.3 Å². The van der Waals surface area contributed by atoms with E-state index in [0.29, 0.717) is 11.3 Å². The molecule has 31 heavy (non-hydrogen) atoms. The van der Waals surface area contributed by atoms with E-state index in [1.165, 1.54) is 16.5 Å². The predicted octanol–water partition coefficient (Wildman–Crippen LogP) is 4.39. The average molecular weight is 434 g/mol. The Labute approximate surface area is 187 Å². The van der Waals surface area contributed by atoms with Crippen LogP contribution in [-0.4, -0.2) is 43.6 Å². The van der Waals surface area contributed by atoms with E-state index in [1.807, 2.05) is 27.1 Å². The molecule has 1 unspecified atom stereocenters. The molecule has 1 aromatic heterocycles. The monoisotopic (exact) mass is 433 g/mol. The molecule has 0 aliphatic carbocycles. The molecule has 160 valence electrons. The van der Waals surface area contributed by atoms with Crippen molar-refractivity contribution in [2.24, 2.45) is 0 Å². The molecule has 0 aliphatic rings. The number of nitrogens with one attached hydrogen (secondary N) is 1. The van der Waals surface area contributed by atoms with Gasteiger partial charge in [-0.15, -0.1) is 11.3 Å². The van der Waals surface area contributed by atoms with Crippen molar-refractivity contribution in [1.82, 2.24) is 5.32 Å². The quantitative estimate of drug-likeness (QED) is 0.363. The number of hydrogen-bond donors (Lipinski definition) is 3. The lowest BCUT2D eigenvalue weighted by Crippen LogP contribution is -2.29. The van der Waals surface area contributed by atoms with Crippen molar-refractivity contribution >= 4 is 33.4 Å².